The highest BCUT2D eigenvalue weighted by molar-refractivity contribution is 6.31. The number of carboxylic acid groups (broad SMARTS) is 1. The number of nitrogens with zero attached hydrogens (tertiary/aromatic N) is 2. The molecule has 0 atom stereocenters. The summed E-state index contributed by atoms with van der Waals surface area (Å²) < 4.78 is 1.80. The highest BCUT2D eigenvalue weighted by Gasteiger charge is 2.16. The molecule has 0 aliphatic rings. The zero-order valence-corrected chi connectivity index (χ0v) is 15.9. The maximum atomic E-state index is 11.4. The topological polar surface area (TPSA) is 72.2 Å². The van der Waals surface area contributed by atoms with Gasteiger partial charge in [-0.2, -0.15) is 0 Å². The number of benzene rings is 2. The van der Waals surface area contributed by atoms with Crippen molar-refractivity contribution in [3.05, 3.63) is 89.0 Å². The maximum Gasteiger partial charge on any atom is 0.336 e. The minimum Gasteiger partial charge on any atom is -0.478 e. The SMILES string of the molecule is C=CCCc1nc(Cl)c(C=O)n1Cc1ccc(-c2ccccc2C(=O)O)cc1. The van der Waals surface area contributed by atoms with Crippen molar-refractivity contribution in [1.29, 1.82) is 0 Å². The second-order valence-electron chi connectivity index (χ2n) is 6.28. The van der Waals surface area contributed by atoms with Crippen molar-refractivity contribution in [3.63, 3.8) is 0 Å². The molecule has 0 bridgehead atoms. The minimum absolute atomic E-state index is 0.195. The molecule has 5 nitrogen and oxygen atoms in total. The molecular weight excluding hydrogens is 376 g/mol. The molecule has 6 heteroatoms. The van der Waals surface area contributed by atoms with E-state index in [4.69, 9.17) is 11.6 Å². The molecule has 0 radical (unpaired) electrons. The van der Waals surface area contributed by atoms with Crippen LogP contribution in [0.25, 0.3) is 11.1 Å². The molecule has 28 heavy (non-hydrogen) atoms. The van der Waals surface area contributed by atoms with Gasteiger partial charge in [-0.3, -0.25) is 4.79 Å². The molecular formula is C22H19ClN2O3. The number of carboxylic acids is 1. The summed E-state index contributed by atoms with van der Waals surface area (Å²) in [5.74, 6) is -0.234. The van der Waals surface area contributed by atoms with E-state index < -0.39 is 5.97 Å². The molecule has 0 fully saturated rings. The summed E-state index contributed by atoms with van der Waals surface area (Å²) in [6.07, 6.45) is 3.88. The molecule has 0 aliphatic carbocycles. The van der Waals surface area contributed by atoms with E-state index in [1.807, 2.05) is 30.3 Å². The number of rotatable bonds is 8. The molecule has 0 aliphatic heterocycles. The third-order valence-electron chi connectivity index (χ3n) is 4.49. The molecule has 1 aromatic heterocycles. The predicted molar refractivity (Wildman–Crippen MR) is 109 cm³/mol. The summed E-state index contributed by atoms with van der Waals surface area (Å²) in [7, 11) is 0. The molecule has 1 heterocycles. The first-order chi connectivity index (χ1) is 13.5. The lowest BCUT2D eigenvalue weighted by atomic mass is 9.99. The van der Waals surface area contributed by atoms with Crippen LogP contribution in [0.15, 0.2) is 61.2 Å². The summed E-state index contributed by atoms with van der Waals surface area (Å²) >= 11 is 6.10. The Balaban J connectivity index is 1.91. The van der Waals surface area contributed by atoms with Gasteiger partial charge in [0.05, 0.1) is 5.56 Å². The lowest BCUT2D eigenvalue weighted by molar-refractivity contribution is 0.0697. The second-order valence-corrected chi connectivity index (χ2v) is 6.64. The summed E-state index contributed by atoms with van der Waals surface area (Å²) in [6.45, 7) is 4.16. The quantitative estimate of drug-likeness (QED) is 0.436. The normalized spacial score (nSPS) is 10.6. The van der Waals surface area contributed by atoms with Crippen LogP contribution >= 0.6 is 11.6 Å². The van der Waals surface area contributed by atoms with E-state index in [1.54, 1.807) is 28.8 Å². The van der Waals surface area contributed by atoms with Gasteiger partial charge in [-0.15, -0.1) is 6.58 Å². The van der Waals surface area contributed by atoms with Crippen LogP contribution in [0.5, 0.6) is 0 Å². The van der Waals surface area contributed by atoms with Crippen molar-refractivity contribution in [2.75, 3.05) is 0 Å². The van der Waals surface area contributed by atoms with Gasteiger partial charge in [0.2, 0.25) is 0 Å². The van der Waals surface area contributed by atoms with Crippen LogP contribution in [-0.4, -0.2) is 26.9 Å². The molecule has 3 aromatic rings. The van der Waals surface area contributed by atoms with Crippen molar-refractivity contribution in [1.82, 2.24) is 9.55 Å². The zero-order chi connectivity index (χ0) is 20.1. The number of hydrogen-bond acceptors (Lipinski definition) is 3. The Morgan fingerprint density at radius 3 is 2.54 bits per heavy atom. The average molecular weight is 395 g/mol. The first-order valence-corrected chi connectivity index (χ1v) is 9.15. The molecule has 0 saturated heterocycles. The Labute approximate surface area is 167 Å². The van der Waals surface area contributed by atoms with Gasteiger partial charge in [-0.25, -0.2) is 9.78 Å². The van der Waals surface area contributed by atoms with Gasteiger partial charge in [0.15, 0.2) is 11.4 Å². The lowest BCUT2D eigenvalue weighted by Gasteiger charge is -2.11. The molecule has 3 rings (SSSR count). The van der Waals surface area contributed by atoms with Crippen molar-refractivity contribution in [2.45, 2.75) is 19.4 Å². The van der Waals surface area contributed by atoms with Crippen molar-refractivity contribution in [3.8, 4) is 11.1 Å². The Kier molecular flexibility index (Phi) is 6.06. The van der Waals surface area contributed by atoms with Gasteiger partial charge in [-0.05, 0) is 29.2 Å². The van der Waals surface area contributed by atoms with Crippen LogP contribution < -0.4 is 0 Å². The lowest BCUT2D eigenvalue weighted by Crippen LogP contribution is -2.08. The number of aldehydes is 1. The van der Waals surface area contributed by atoms with E-state index in [9.17, 15) is 14.7 Å². The van der Waals surface area contributed by atoms with Crippen molar-refractivity contribution in [2.24, 2.45) is 0 Å². The third-order valence-corrected chi connectivity index (χ3v) is 4.77. The van der Waals surface area contributed by atoms with Crippen molar-refractivity contribution >= 4 is 23.9 Å². The Bertz CT molecular complexity index is 1020. The maximum absolute atomic E-state index is 11.4. The summed E-state index contributed by atoms with van der Waals surface area (Å²) in [4.78, 5) is 27.2. The van der Waals surface area contributed by atoms with Gasteiger partial charge >= 0.3 is 5.97 Å². The highest BCUT2D eigenvalue weighted by atomic mass is 35.5. The smallest absolute Gasteiger partial charge is 0.336 e. The van der Waals surface area contributed by atoms with Crippen LogP contribution in [0.3, 0.4) is 0 Å². The van der Waals surface area contributed by atoms with Gasteiger partial charge < -0.3 is 9.67 Å². The summed E-state index contributed by atoms with van der Waals surface area (Å²) in [5.41, 5.74) is 3.03. The molecule has 142 valence electrons. The number of halogens is 1. The van der Waals surface area contributed by atoms with Gasteiger partial charge in [0.25, 0.3) is 0 Å². The molecule has 2 aromatic carbocycles. The van der Waals surface area contributed by atoms with E-state index >= 15 is 0 Å². The monoisotopic (exact) mass is 394 g/mol. The van der Waals surface area contributed by atoms with Gasteiger partial charge in [0.1, 0.15) is 11.5 Å². The van der Waals surface area contributed by atoms with Crippen LogP contribution in [-0.2, 0) is 13.0 Å². The number of hydrogen-bond donors (Lipinski definition) is 1. The van der Waals surface area contributed by atoms with Crippen molar-refractivity contribution < 1.29 is 14.7 Å². The summed E-state index contributed by atoms with van der Waals surface area (Å²) in [5, 5.41) is 9.57. The fourth-order valence-electron chi connectivity index (χ4n) is 3.09. The molecule has 0 unspecified atom stereocenters. The van der Waals surface area contributed by atoms with Crippen LogP contribution in [0.2, 0.25) is 5.15 Å². The first-order valence-electron chi connectivity index (χ1n) is 8.77. The van der Waals surface area contributed by atoms with E-state index in [0.29, 0.717) is 30.5 Å². The van der Waals surface area contributed by atoms with E-state index in [-0.39, 0.29) is 10.7 Å². The van der Waals surface area contributed by atoms with E-state index in [1.165, 1.54) is 0 Å². The fraction of sp³-hybridized carbons (Fsp3) is 0.136. The third kappa shape index (κ3) is 4.05. The van der Waals surface area contributed by atoms with E-state index in [2.05, 4.69) is 11.6 Å². The van der Waals surface area contributed by atoms with E-state index in [0.717, 1.165) is 23.4 Å². The molecule has 0 spiro atoms. The number of aromatic nitrogens is 2. The fourth-order valence-corrected chi connectivity index (χ4v) is 3.33. The highest BCUT2D eigenvalue weighted by Crippen LogP contribution is 2.25. The second kappa shape index (κ2) is 8.67. The number of carbonyl (C=O) groups is 2. The Morgan fingerprint density at radius 2 is 1.89 bits per heavy atom. The number of allylic oxidation sites excluding steroid dienone is 1. The number of imidazole rings is 1. The largest absolute Gasteiger partial charge is 0.478 e. The average Bonchev–Trinajstić information content (AvgIpc) is 3.01. The van der Waals surface area contributed by atoms with Crippen LogP contribution in [0.4, 0.5) is 0 Å². The summed E-state index contributed by atoms with van der Waals surface area (Å²) in [6, 6.07) is 14.5. The van der Waals surface area contributed by atoms with Gasteiger partial charge in [0, 0.05) is 13.0 Å². The van der Waals surface area contributed by atoms with Gasteiger partial charge in [-0.1, -0.05) is 60.1 Å². The molecule has 0 amide bonds. The minimum atomic E-state index is -0.963. The number of aromatic carboxylic acids is 1. The Morgan fingerprint density at radius 1 is 1.18 bits per heavy atom. The predicted octanol–water partition coefficient (Wildman–Crippen LogP) is 4.88. The van der Waals surface area contributed by atoms with Crippen LogP contribution in [0.1, 0.15) is 38.7 Å². The van der Waals surface area contributed by atoms with Crippen LogP contribution in [0, 0.1) is 0 Å². The number of carbonyl (C=O) groups excluding carboxylic acids is 1. The first kappa shape index (κ1) is 19.6. The Hall–Kier alpha value is -3.18. The standard InChI is InChI=1S/C22H19ClN2O3/c1-2-3-8-20-24-21(23)19(14-26)25(20)13-15-9-11-16(12-10-15)17-6-4-5-7-18(17)22(27)28/h2,4-7,9-12,14H,1,3,8,13H2,(H,27,28). The zero-order valence-electron chi connectivity index (χ0n) is 15.1. The number of aryl methyl sites for hydroxylation is 1. The molecule has 1 N–H and O–H groups in total. The molecule has 0 saturated carbocycles.